The minimum Gasteiger partial charge on any atom is -0.508 e. The lowest BCUT2D eigenvalue weighted by atomic mass is 10.0. The molecule has 0 aromatic heterocycles. The van der Waals surface area contributed by atoms with E-state index in [1.807, 2.05) is 39.0 Å². The van der Waals surface area contributed by atoms with Crippen LogP contribution in [-0.2, 0) is 0 Å². The van der Waals surface area contributed by atoms with E-state index in [-0.39, 0.29) is 11.8 Å². The first kappa shape index (κ1) is 14.9. The van der Waals surface area contributed by atoms with Gasteiger partial charge in [0, 0.05) is 16.8 Å². The Balaban J connectivity index is 2.23. The van der Waals surface area contributed by atoms with E-state index >= 15 is 0 Å². The molecule has 1 unspecified atom stereocenters. The molecule has 0 saturated heterocycles. The van der Waals surface area contributed by atoms with Crippen molar-refractivity contribution in [3.05, 3.63) is 58.7 Å². The first-order valence-corrected chi connectivity index (χ1v) is 6.85. The summed E-state index contributed by atoms with van der Waals surface area (Å²) in [6.45, 7) is 5.83. The smallest absolute Gasteiger partial charge is 0.248 e. The monoisotopic (exact) mass is 284 g/mol. The van der Waals surface area contributed by atoms with E-state index in [4.69, 9.17) is 5.73 Å². The van der Waals surface area contributed by atoms with Crippen molar-refractivity contribution >= 4 is 11.6 Å². The molecule has 0 spiro atoms. The lowest BCUT2D eigenvalue weighted by Crippen LogP contribution is -2.12. The molecule has 2 rings (SSSR count). The van der Waals surface area contributed by atoms with Crippen molar-refractivity contribution < 1.29 is 9.90 Å². The van der Waals surface area contributed by atoms with E-state index in [2.05, 4.69) is 5.32 Å². The van der Waals surface area contributed by atoms with Gasteiger partial charge in [0.05, 0.1) is 6.04 Å². The van der Waals surface area contributed by atoms with E-state index in [0.29, 0.717) is 5.56 Å². The maximum atomic E-state index is 11.2. The van der Waals surface area contributed by atoms with Crippen LogP contribution in [0.3, 0.4) is 0 Å². The minimum atomic E-state index is -0.436. The Labute approximate surface area is 124 Å². The Bertz CT molecular complexity index is 680. The van der Waals surface area contributed by atoms with Crippen molar-refractivity contribution in [3.8, 4) is 5.75 Å². The summed E-state index contributed by atoms with van der Waals surface area (Å²) >= 11 is 0. The van der Waals surface area contributed by atoms with Gasteiger partial charge in [-0.3, -0.25) is 4.79 Å². The highest BCUT2D eigenvalue weighted by molar-refractivity contribution is 5.93. The fourth-order valence-corrected chi connectivity index (χ4v) is 2.31. The molecule has 2 aromatic carbocycles. The fraction of sp³-hybridized carbons (Fsp3) is 0.235. The quantitative estimate of drug-likeness (QED) is 0.806. The fourth-order valence-electron chi connectivity index (χ4n) is 2.31. The van der Waals surface area contributed by atoms with Crippen molar-refractivity contribution in [1.29, 1.82) is 0 Å². The van der Waals surface area contributed by atoms with Crippen molar-refractivity contribution in [2.75, 3.05) is 5.32 Å². The van der Waals surface area contributed by atoms with Gasteiger partial charge in [-0.15, -0.1) is 0 Å². The van der Waals surface area contributed by atoms with E-state index in [1.165, 1.54) is 0 Å². The molecular formula is C17H20N2O2. The minimum absolute atomic E-state index is 0.0521. The molecule has 4 nitrogen and oxygen atoms in total. The van der Waals surface area contributed by atoms with Gasteiger partial charge in [-0.1, -0.05) is 12.1 Å². The summed E-state index contributed by atoms with van der Waals surface area (Å²) in [5.41, 5.74) is 9.45. The first-order chi connectivity index (χ1) is 9.88. The molecule has 0 bridgehead atoms. The Morgan fingerprint density at radius 3 is 2.48 bits per heavy atom. The standard InChI is InChI=1S/C17H20N2O2/c1-10-4-6-14(16(20)8-10)12(3)19-15-7-5-13(17(18)21)9-11(15)2/h4-9,12,19-20H,1-3H3,(H2,18,21). The molecule has 0 radical (unpaired) electrons. The van der Waals surface area contributed by atoms with Gasteiger partial charge in [0.25, 0.3) is 0 Å². The summed E-state index contributed by atoms with van der Waals surface area (Å²) in [6, 6.07) is 10.9. The largest absolute Gasteiger partial charge is 0.508 e. The number of aryl methyl sites for hydroxylation is 2. The third kappa shape index (κ3) is 3.34. The van der Waals surface area contributed by atoms with Crippen LogP contribution in [0.1, 0.15) is 40.0 Å². The topological polar surface area (TPSA) is 75.3 Å². The van der Waals surface area contributed by atoms with Crippen LogP contribution in [-0.4, -0.2) is 11.0 Å². The van der Waals surface area contributed by atoms with Crippen LogP contribution in [0.2, 0.25) is 0 Å². The van der Waals surface area contributed by atoms with Crippen LogP contribution < -0.4 is 11.1 Å². The summed E-state index contributed by atoms with van der Waals surface area (Å²) in [4.78, 5) is 11.2. The number of hydrogen-bond donors (Lipinski definition) is 3. The van der Waals surface area contributed by atoms with Crippen LogP contribution in [0.15, 0.2) is 36.4 Å². The highest BCUT2D eigenvalue weighted by Gasteiger charge is 2.12. The zero-order chi connectivity index (χ0) is 15.6. The molecule has 1 atom stereocenters. The molecule has 21 heavy (non-hydrogen) atoms. The molecule has 0 aliphatic carbocycles. The van der Waals surface area contributed by atoms with Crippen LogP contribution >= 0.6 is 0 Å². The van der Waals surface area contributed by atoms with Gasteiger partial charge in [-0.05, 0) is 56.2 Å². The predicted octanol–water partition coefficient (Wildman–Crippen LogP) is 3.28. The molecule has 2 aromatic rings. The van der Waals surface area contributed by atoms with E-state index in [1.54, 1.807) is 18.2 Å². The number of carbonyl (C=O) groups is 1. The molecule has 0 heterocycles. The number of anilines is 1. The van der Waals surface area contributed by atoms with Crippen molar-refractivity contribution in [1.82, 2.24) is 0 Å². The molecule has 0 fully saturated rings. The van der Waals surface area contributed by atoms with Gasteiger partial charge in [-0.2, -0.15) is 0 Å². The molecule has 4 heteroatoms. The molecule has 0 aliphatic rings. The highest BCUT2D eigenvalue weighted by Crippen LogP contribution is 2.29. The number of carbonyl (C=O) groups excluding carboxylic acids is 1. The summed E-state index contributed by atoms with van der Waals surface area (Å²) in [5.74, 6) is -0.157. The molecule has 0 saturated carbocycles. The van der Waals surface area contributed by atoms with E-state index in [0.717, 1.165) is 22.4 Å². The average molecular weight is 284 g/mol. The number of rotatable bonds is 4. The van der Waals surface area contributed by atoms with Gasteiger partial charge in [-0.25, -0.2) is 0 Å². The van der Waals surface area contributed by atoms with Gasteiger partial charge < -0.3 is 16.2 Å². The van der Waals surface area contributed by atoms with Crippen LogP contribution in [0.5, 0.6) is 5.75 Å². The van der Waals surface area contributed by atoms with E-state index in [9.17, 15) is 9.90 Å². The van der Waals surface area contributed by atoms with Crippen molar-refractivity contribution in [3.63, 3.8) is 0 Å². The lowest BCUT2D eigenvalue weighted by Gasteiger charge is -2.19. The van der Waals surface area contributed by atoms with Crippen molar-refractivity contribution in [2.24, 2.45) is 5.73 Å². The summed E-state index contributed by atoms with van der Waals surface area (Å²) in [7, 11) is 0. The van der Waals surface area contributed by atoms with Gasteiger partial charge in [0.1, 0.15) is 5.75 Å². The number of phenols is 1. The van der Waals surface area contributed by atoms with Gasteiger partial charge in [0.15, 0.2) is 0 Å². The van der Waals surface area contributed by atoms with E-state index < -0.39 is 5.91 Å². The molecule has 1 amide bonds. The molecular weight excluding hydrogens is 264 g/mol. The first-order valence-electron chi connectivity index (χ1n) is 6.85. The molecule has 0 aliphatic heterocycles. The number of benzene rings is 2. The number of hydrogen-bond acceptors (Lipinski definition) is 3. The average Bonchev–Trinajstić information content (AvgIpc) is 2.40. The Kier molecular flexibility index (Phi) is 4.17. The van der Waals surface area contributed by atoms with Crippen LogP contribution in [0.4, 0.5) is 5.69 Å². The molecule has 4 N–H and O–H groups in total. The number of nitrogens with one attached hydrogen (secondary N) is 1. The number of nitrogens with two attached hydrogens (primary N) is 1. The second-order valence-corrected chi connectivity index (χ2v) is 5.32. The Hall–Kier alpha value is -2.49. The SMILES string of the molecule is Cc1ccc(C(C)Nc2ccc(C(N)=O)cc2C)c(O)c1. The third-order valence-electron chi connectivity index (χ3n) is 3.54. The van der Waals surface area contributed by atoms with Crippen LogP contribution in [0, 0.1) is 13.8 Å². The summed E-state index contributed by atoms with van der Waals surface area (Å²) in [6.07, 6.45) is 0. The van der Waals surface area contributed by atoms with Gasteiger partial charge in [0.2, 0.25) is 5.91 Å². The zero-order valence-corrected chi connectivity index (χ0v) is 12.5. The Morgan fingerprint density at radius 2 is 1.90 bits per heavy atom. The maximum absolute atomic E-state index is 11.2. The predicted molar refractivity (Wildman–Crippen MR) is 84.6 cm³/mol. The lowest BCUT2D eigenvalue weighted by molar-refractivity contribution is 0.1000. The van der Waals surface area contributed by atoms with Gasteiger partial charge >= 0.3 is 0 Å². The zero-order valence-electron chi connectivity index (χ0n) is 12.5. The summed E-state index contributed by atoms with van der Waals surface area (Å²) in [5, 5.41) is 13.4. The summed E-state index contributed by atoms with van der Waals surface area (Å²) < 4.78 is 0. The highest BCUT2D eigenvalue weighted by atomic mass is 16.3. The second-order valence-electron chi connectivity index (χ2n) is 5.32. The normalized spacial score (nSPS) is 12.0. The number of primary amides is 1. The number of phenolic OH excluding ortho intramolecular Hbond substituents is 1. The number of amides is 1. The second kappa shape index (κ2) is 5.87. The van der Waals surface area contributed by atoms with Crippen LogP contribution in [0.25, 0.3) is 0 Å². The number of aromatic hydroxyl groups is 1. The molecule has 110 valence electrons. The Morgan fingerprint density at radius 1 is 1.19 bits per heavy atom. The third-order valence-corrected chi connectivity index (χ3v) is 3.54. The van der Waals surface area contributed by atoms with Crippen molar-refractivity contribution in [2.45, 2.75) is 26.8 Å². The maximum Gasteiger partial charge on any atom is 0.248 e.